The molecule has 166 valence electrons. The fourth-order valence-corrected chi connectivity index (χ4v) is 5.79. The van der Waals surface area contributed by atoms with E-state index in [0.717, 1.165) is 32.1 Å². The molecule has 9 heteroatoms. The molecule has 0 aliphatic heterocycles. The Bertz CT molecular complexity index is 853. The number of benzene rings is 1. The van der Waals surface area contributed by atoms with E-state index < -0.39 is 31.6 Å². The smallest absolute Gasteiger partial charge is 0.310 e. The first kappa shape index (κ1) is 25.6. The Hall–Kier alpha value is -1.45. The zero-order chi connectivity index (χ0) is 22.1. The number of ether oxygens (including phenoxy) is 1. The quantitative estimate of drug-likeness (QED) is 0.388. The Morgan fingerprint density at radius 3 is 2.03 bits per heavy atom. The summed E-state index contributed by atoms with van der Waals surface area (Å²) in [6, 6.07) is 5.50. The lowest BCUT2D eigenvalue weighted by atomic mass is 10.1. The normalized spacial score (nSPS) is 12.7. The summed E-state index contributed by atoms with van der Waals surface area (Å²) in [5, 5.41) is 0. The van der Waals surface area contributed by atoms with Gasteiger partial charge in [-0.15, -0.1) is 4.13 Å². The van der Waals surface area contributed by atoms with Crippen molar-refractivity contribution in [1.82, 2.24) is 4.13 Å². The van der Waals surface area contributed by atoms with Crippen molar-refractivity contribution in [3.63, 3.8) is 0 Å². The summed E-state index contributed by atoms with van der Waals surface area (Å²) in [6.45, 7) is 7.39. The number of carbonyl (C=O) groups is 1. The van der Waals surface area contributed by atoms with Crippen LogP contribution < -0.4 is 4.13 Å². The van der Waals surface area contributed by atoms with Crippen molar-refractivity contribution in [3.05, 3.63) is 29.8 Å². The lowest BCUT2D eigenvalue weighted by molar-refractivity contribution is -0.153. The highest BCUT2D eigenvalue weighted by molar-refractivity contribution is 8.04. The number of unbranched alkanes of at least 4 members (excludes halogenated alkanes) is 5. The Labute approximate surface area is 175 Å². The molecule has 1 aromatic carbocycles. The first-order valence-corrected chi connectivity index (χ1v) is 13.1. The third-order valence-corrected chi connectivity index (χ3v) is 7.62. The highest BCUT2D eigenvalue weighted by Crippen LogP contribution is 2.15. The van der Waals surface area contributed by atoms with Gasteiger partial charge in [0.25, 0.3) is 10.0 Å². The van der Waals surface area contributed by atoms with Gasteiger partial charge < -0.3 is 4.74 Å². The number of carbonyl (C=O) groups excluding carboxylic acids is 1. The predicted molar refractivity (Wildman–Crippen MR) is 113 cm³/mol. The summed E-state index contributed by atoms with van der Waals surface area (Å²) in [7, 11) is -8.14. The second kappa shape index (κ2) is 11.1. The van der Waals surface area contributed by atoms with Gasteiger partial charge >= 0.3 is 5.97 Å². The average molecular weight is 448 g/mol. The van der Waals surface area contributed by atoms with E-state index in [0.29, 0.717) is 12.0 Å². The van der Waals surface area contributed by atoms with E-state index in [1.807, 2.05) is 0 Å². The summed E-state index contributed by atoms with van der Waals surface area (Å²) in [5.41, 5.74) is -0.0256. The van der Waals surface area contributed by atoms with Gasteiger partial charge in [0, 0.05) is 0 Å². The van der Waals surface area contributed by atoms with Gasteiger partial charge in [0.1, 0.15) is 5.60 Å². The molecule has 1 rings (SSSR count). The van der Waals surface area contributed by atoms with Crippen molar-refractivity contribution in [1.29, 1.82) is 0 Å². The fourth-order valence-electron chi connectivity index (χ4n) is 2.66. The molecule has 0 radical (unpaired) electrons. The van der Waals surface area contributed by atoms with Crippen molar-refractivity contribution in [3.8, 4) is 0 Å². The van der Waals surface area contributed by atoms with Crippen molar-refractivity contribution in [2.24, 2.45) is 0 Å². The largest absolute Gasteiger partial charge is 0.460 e. The van der Waals surface area contributed by atoms with E-state index in [-0.39, 0.29) is 17.1 Å². The number of sulfonamides is 2. The molecule has 7 nitrogen and oxygen atoms in total. The Morgan fingerprint density at radius 1 is 0.931 bits per heavy atom. The zero-order valence-corrected chi connectivity index (χ0v) is 19.4. The third kappa shape index (κ3) is 10.8. The fraction of sp³-hybridized carbons (Fsp3) is 0.650. The Kier molecular flexibility index (Phi) is 9.78. The second-order valence-corrected chi connectivity index (χ2v) is 11.9. The molecule has 0 unspecified atom stereocenters. The summed E-state index contributed by atoms with van der Waals surface area (Å²) in [6.07, 6.45) is 5.39. The molecule has 29 heavy (non-hydrogen) atoms. The minimum Gasteiger partial charge on any atom is -0.460 e. The lowest BCUT2D eigenvalue weighted by Crippen LogP contribution is -2.32. The molecule has 1 aromatic rings. The monoisotopic (exact) mass is 447 g/mol. The van der Waals surface area contributed by atoms with Crippen LogP contribution in [-0.4, -0.2) is 34.2 Å². The van der Waals surface area contributed by atoms with Crippen molar-refractivity contribution >= 4 is 26.0 Å². The van der Waals surface area contributed by atoms with Gasteiger partial charge in [-0.2, -0.15) is 0 Å². The SMILES string of the molecule is CCCCCCCCS(=O)(=O)NS(=O)(=O)c1ccc(CC(=O)OC(C)(C)C)cc1. The molecule has 1 N–H and O–H groups in total. The number of hydrogen-bond donors (Lipinski definition) is 1. The van der Waals surface area contributed by atoms with Gasteiger partial charge in [-0.05, 0) is 44.9 Å². The Balaban J connectivity index is 2.64. The number of rotatable bonds is 12. The van der Waals surface area contributed by atoms with Crippen LogP contribution >= 0.6 is 0 Å². The van der Waals surface area contributed by atoms with Gasteiger partial charge in [0.05, 0.1) is 17.1 Å². The number of nitrogens with one attached hydrogen (secondary N) is 1. The number of hydrogen-bond acceptors (Lipinski definition) is 6. The molecule has 0 aliphatic rings. The van der Waals surface area contributed by atoms with Gasteiger partial charge in [-0.1, -0.05) is 51.2 Å². The molecule has 0 bridgehead atoms. The lowest BCUT2D eigenvalue weighted by Gasteiger charge is -2.19. The van der Waals surface area contributed by atoms with Crippen LogP contribution in [-0.2, 0) is 36.0 Å². The number of esters is 1. The molecule has 0 saturated carbocycles. The van der Waals surface area contributed by atoms with Crippen LogP contribution in [0.5, 0.6) is 0 Å². The molecule has 0 saturated heterocycles. The minimum atomic E-state index is -4.20. The summed E-state index contributed by atoms with van der Waals surface area (Å²) in [4.78, 5) is 11.7. The van der Waals surface area contributed by atoms with Crippen LogP contribution in [0.15, 0.2) is 29.2 Å². The molecule has 0 spiro atoms. The summed E-state index contributed by atoms with van der Waals surface area (Å²) in [5.74, 6) is -0.650. The maximum absolute atomic E-state index is 12.4. The van der Waals surface area contributed by atoms with E-state index in [1.54, 1.807) is 24.9 Å². The van der Waals surface area contributed by atoms with Crippen LogP contribution in [0.1, 0.15) is 71.8 Å². The molecule has 0 aliphatic carbocycles. The van der Waals surface area contributed by atoms with Crippen LogP contribution in [0.4, 0.5) is 0 Å². The van der Waals surface area contributed by atoms with Crippen molar-refractivity contribution in [2.75, 3.05) is 5.75 Å². The standard InChI is InChI=1S/C20H33NO6S2/c1-5-6-7-8-9-10-15-28(23,24)21-29(25,26)18-13-11-17(12-14-18)16-19(22)27-20(2,3)4/h11-14,21H,5-10,15-16H2,1-4H3. The first-order valence-electron chi connectivity index (χ1n) is 9.92. The van der Waals surface area contributed by atoms with E-state index in [4.69, 9.17) is 4.74 Å². The maximum atomic E-state index is 12.4. The summed E-state index contributed by atoms with van der Waals surface area (Å²) >= 11 is 0. The van der Waals surface area contributed by atoms with Crippen LogP contribution in [0, 0.1) is 0 Å². The van der Waals surface area contributed by atoms with Crippen molar-refractivity contribution in [2.45, 2.75) is 83.1 Å². The van der Waals surface area contributed by atoms with E-state index in [2.05, 4.69) is 6.92 Å². The molecule has 0 fully saturated rings. The van der Waals surface area contributed by atoms with Gasteiger partial charge in [0.15, 0.2) is 0 Å². The van der Waals surface area contributed by atoms with Crippen LogP contribution in [0.2, 0.25) is 0 Å². The summed E-state index contributed by atoms with van der Waals surface area (Å²) < 4.78 is 55.9. The first-order chi connectivity index (χ1) is 13.3. The third-order valence-electron chi connectivity index (χ3n) is 4.01. The zero-order valence-electron chi connectivity index (χ0n) is 17.7. The molecule has 0 amide bonds. The molecule has 0 heterocycles. The average Bonchev–Trinajstić information content (AvgIpc) is 2.55. The molecule has 0 aromatic heterocycles. The van der Waals surface area contributed by atoms with Gasteiger partial charge in [-0.25, -0.2) is 16.8 Å². The van der Waals surface area contributed by atoms with Gasteiger partial charge in [-0.3, -0.25) is 4.79 Å². The minimum absolute atomic E-state index is 0.00135. The highest BCUT2D eigenvalue weighted by Gasteiger charge is 2.23. The van der Waals surface area contributed by atoms with Crippen LogP contribution in [0.3, 0.4) is 0 Å². The highest BCUT2D eigenvalue weighted by atomic mass is 32.3. The van der Waals surface area contributed by atoms with E-state index in [9.17, 15) is 21.6 Å². The van der Waals surface area contributed by atoms with Crippen molar-refractivity contribution < 1.29 is 26.4 Å². The molecule has 0 atom stereocenters. The van der Waals surface area contributed by atoms with E-state index in [1.165, 1.54) is 24.3 Å². The Morgan fingerprint density at radius 2 is 1.48 bits per heavy atom. The maximum Gasteiger partial charge on any atom is 0.310 e. The second-order valence-electron chi connectivity index (χ2n) is 8.08. The van der Waals surface area contributed by atoms with Crippen LogP contribution in [0.25, 0.3) is 0 Å². The molecular formula is C20H33NO6S2. The predicted octanol–water partition coefficient (Wildman–Crippen LogP) is 3.54. The van der Waals surface area contributed by atoms with E-state index >= 15 is 0 Å². The molecular weight excluding hydrogens is 414 g/mol. The topological polar surface area (TPSA) is 107 Å². The van der Waals surface area contributed by atoms with Gasteiger partial charge in [0.2, 0.25) is 10.0 Å².